The standard InChI is InChI=1S/C21H21NO6S/c1-3-15-11-17(21(23)24)20(14-6-9-18-19(10-14)28-12-27-18)22(15)29(25,26)16-7-4-13(2)5-8-16/h4-11,15,20H,3,12H2,1-2H3,(H,23,24)/t15-,20+/m0/s1. The van der Waals surface area contributed by atoms with Crippen molar-refractivity contribution in [2.24, 2.45) is 0 Å². The number of nitrogens with zero attached hydrogens (tertiary/aromatic N) is 1. The van der Waals surface area contributed by atoms with Gasteiger partial charge in [0.25, 0.3) is 0 Å². The maximum atomic E-state index is 13.5. The molecule has 0 saturated heterocycles. The molecule has 2 aliphatic rings. The molecule has 1 N–H and O–H groups in total. The number of carboxylic acid groups (broad SMARTS) is 1. The zero-order valence-electron chi connectivity index (χ0n) is 16.0. The van der Waals surface area contributed by atoms with Crippen LogP contribution < -0.4 is 9.47 Å². The Morgan fingerprint density at radius 1 is 1.14 bits per heavy atom. The SMILES string of the molecule is CC[C@H]1C=C(C(=O)O)[C@@H](c2ccc3c(c2)OCO3)N1S(=O)(=O)c1ccc(C)cc1. The van der Waals surface area contributed by atoms with Gasteiger partial charge < -0.3 is 14.6 Å². The summed E-state index contributed by atoms with van der Waals surface area (Å²) in [4.78, 5) is 12.1. The van der Waals surface area contributed by atoms with Gasteiger partial charge in [-0.2, -0.15) is 4.31 Å². The predicted octanol–water partition coefficient (Wildman–Crippen LogP) is 3.26. The molecule has 4 rings (SSSR count). The van der Waals surface area contributed by atoms with Gasteiger partial charge in [0.2, 0.25) is 16.8 Å². The number of carboxylic acids is 1. The van der Waals surface area contributed by atoms with Gasteiger partial charge in [0.15, 0.2) is 11.5 Å². The highest BCUT2D eigenvalue weighted by atomic mass is 32.2. The number of ether oxygens (including phenoxy) is 2. The highest BCUT2D eigenvalue weighted by Gasteiger charge is 2.45. The van der Waals surface area contributed by atoms with Crippen LogP contribution in [0, 0.1) is 6.92 Å². The van der Waals surface area contributed by atoms with E-state index in [2.05, 4.69) is 0 Å². The number of carbonyl (C=O) groups is 1. The lowest BCUT2D eigenvalue weighted by atomic mass is 10.0. The van der Waals surface area contributed by atoms with Crippen molar-refractivity contribution in [2.75, 3.05) is 6.79 Å². The molecule has 29 heavy (non-hydrogen) atoms. The molecule has 2 heterocycles. The lowest BCUT2D eigenvalue weighted by Gasteiger charge is -2.30. The zero-order valence-corrected chi connectivity index (χ0v) is 16.8. The Morgan fingerprint density at radius 3 is 2.48 bits per heavy atom. The van der Waals surface area contributed by atoms with Gasteiger partial charge in [0.1, 0.15) is 0 Å². The van der Waals surface area contributed by atoms with Crippen molar-refractivity contribution in [1.29, 1.82) is 0 Å². The summed E-state index contributed by atoms with van der Waals surface area (Å²) in [5.74, 6) is -0.125. The van der Waals surface area contributed by atoms with Crippen molar-refractivity contribution in [2.45, 2.75) is 37.2 Å². The van der Waals surface area contributed by atoms with Crippen molar-refractivity contribution in [1.82, 2.24) is 4.31 Å². The molecule has 0 aliphatic carbocycles. The Labute approximate surface area is 169 Å². The fourth-order valence-electron chi connectivity index (χ4n) is 3.75. The molecule has 7 nitrogen and oxygen atoms in total. The number of aliphatic carboxylic acids is 1. The summed E-state index contributed by atoms with van der Waals surface area (Å²) in [6.07, 6.45) is 1.98. The normalized spacial score (nSPS) is 21.2. The number of hydrogen-bond donors (Lipinski definition) is 1. The summed E-state index contributed by atoms with van der Waals surface area (Å²) < 4.78 is 39.1. The Bertz CT molecular complexity index is 1090. The molecule has 2 atom stereocenters. The van der Waals surface area contributed by atoms with Crippen LogP contribution in [0.1, 0.15) is 30.5 Å². The lowest BCUT2D eigenvalue weighted by molar-refractivity contribution is -0.133. The molecule has 2 aromatic carbocycles. The largest absolute Gasteiger partial charge is 0.478 e. The molecule has 0 saturated carbocycles. The third kappa shape index (κ3) is 3.28. The van der Waals surface area contributed by atoms with Gasteiger partial charge in [0, 0.05) is 6.04 Å². The number of rotatable bonds is 5. The minimum atomic E-state index is -3.95. The second-order valence-electron chi connectivity index (χ2n) is 7.07. The number of aryl methyl sites for hydroxylation is 1. The van der Waals surface area contributed by atoms with Crippen LogP contribution >= 0.6 is 0 Å². The third-order valence-electron chi connectivity index (χ3n) is 5.22. The Hall–Kier alpha value is -2.84. The molecule has 2 aromatic rings. The molecular weight excluding hydrogens is 394 g/mol. The summed E-state index contributed by atoms with van der Waals surface area (Å²) in [6, 6.07) is 10.0. The van der Waals surface area contributed by atoms with Crippen LogP contribution in [-0.4, -0.2) is 36.6 Å². The van der Waals surface area contributed by atoms with Crippen molar-refractivity contribution in [3.63, 3.8) is 0 Å². The highest BCUT2D eigenvalue weighted by Crippen LogP contribution is 2.44. The van der Waals surface area contributed by atoms with Gasteiger partial charge in [-0.3, -0.25) is 0 Å². The quantitative estimate of drug-likeness (QED) is 0.806. The van der Waals surface area contributed by atoms with E-state index >= 15 is 0 Å². The molecule has 0 aromatic heterocycles. The summed E-state index contributed by atoms with van der Waals surface area (Å²) in [5.41, 5.74) is 1.50. The molecule has 0 amide bonds. The summed E-state index contributed by atoms with van der Waals surface area (Å²) in [6.45, 7) is 3.79. The van der Waals surface area contributed by atoms with Crippen LogP contribution in [0.2, 0.25) is 0 Å². The van der Waals surface area contributed by atoms with Crippen LogP contribution in [0.4, 0.5) is 0 Å². The van der Waals surface area contributed by atoms with Gasteiger partial charge in [-0.25, -0.2) is 13.2 Å². The van der Waals surface area contributed by atoms with E-state index in [1.165, 1.54) is 10.4 Å². The van der Waals surface area contributed by atoms with E-state index in [1.54, 1.807) is 42.5 Å². The van der Waals surface area contributed by atoms with Crippen LogP contribution in [0.5, 0.6) is 11.5 Å². The Balaban J connectivity index is 1.85. The average molecular weight is 415 g/mol. The topological polar surface area (TPSA) is 93.1 Å². The lowest BCUT2D eigenvalue weighted by Crippen LogP contribution is -2.38. The minimum absolute atomic E-state index is 0.0337. The molecule has 0 bridgehead atoms. The van der Waals surface area contributed by atoms with Crippen LogP contribution in [0.15, 0.2) is 59.0 Å². The van der Waals surface area contributed by atoms with E-state index in [0.29, 0.717) is 23.5 Å². The first-order chi connectivity index (χ1) is 13.8. The molecule has 8 heteroatoms. The minimum Gasteiger partial charge on any atom is -0.478 e. The molecule has 0 radical (unpaired) electrons. The van der Waals surface area contributed by atoms with Crippen molar-refractivity contribution >= 4 is 16.0 Å². The predicted molar refractivity (Wildman–Crippen MR) is 105 cm³/mol. The molecule has 0 unspecified atom stereocenters. The summed E-state index contributed by atoms with van der Waals surface area (Å²) in [5, 5.41) is 9.80. The number of fused-ring (bicyclic) bond motifs is 1. The van der Waals surface area contributed by atoms with Crippen molar-refractivity contribution in [3.8, 4) is 11.5 Å². The van der Waals surface area contributed by atoms with Crippen molar-refractivity contribution < 1.29 is 27.8 Å². The fourth-order valence-corrected chi connectivity index (χ4v) is 5.55. The summed E-state index contributed by atoms with van der Waals surface area (Å²) in [7, 11) is -3.95. The maximum absolute atomic E-state index is 13.5. The van der Waals surface area contributed by atoms with E-state index in [0.717, 1.165) is 5.56 Å². The van der Waals surface area contributed by atoms with Gasteiger partial charge in [-0.15, -0.1) is 0 Å². The number of sulfonamides is 1. The van der Waals surface area contributed by atoms with E-state index in [9.17, 15) is 18.3 Å². The number of benzene rings is 2. The molecule has 152 valence electrons. The zero-order chi connectivity index (χ0) is 20.8. The van der Waals surface area contributed by atoms with Gasteiger partial charge >= 0.3 is 5.97 Å². The first-order valence-corrected chi connectivity index (χ1v) is 10.7. The van der Waals surface area contributed by atoms with E-state index < -0.39 is 28.1 Å². The van der Waals surface area contributed by atoms with E-state index in [-0.39, 0.29) is 17.3 Å². The first-order valence-electron chi connectivity index (χ1n) is 9.27. The fraction of sp³-hybridized carbons (Fsp3) is 0.286. The number of hydrogen-bond acceptors (Lipinski definition) is 5. The Morgan fingerprint density at radius 2 is 1.83 bits per heavy atom. The molecule has 2 aliphatic heterocycles. The van der Waals surface area contributed by atoms with Crippen LogP contribution in [-0.2, 0) is 14.8 Å². The van der Waals surface area contributed by atoms with Crippen molar-refractivity contribution in [3.05, 3.63) is 65.2 Å². The molecule has 0 fully saturated rings. The highest BCUT2D eigenvalue weighted by molar-refractivity contribution is 7.89. The first kappa shape index (κ1) is 19.5. The van der Waals surface area contributed by atoms with Gasteiger partial charge in [-0.1, -0.05) is 36.8 Å². The van der Waals surface area contributed by atoms with Crippen LogP contribution in [0.25, 0.3) is 0 Å². The van der Waals surface area contributed by atoms with Crippen LogP contribution in [0.3, 0.4) is 0 Å². The third-order valence-corrected chi connectivity index (χ3v) is 7.13. The van der Waals surface area contributed by atoms with E-state index in [4.69, 9.17) is 9.47 Å². The summed E-state index contributed by atoms with van der Waals surface area (Å²) >= 11 is 0. The Kier molecular flexibility index (Phi) is 4.84. The maximum Gasteiger partial charge on any atom is 0.333 e. The monoisotopic (exact) mass is 415 g/mol. The van der Waals surface area contributed by atoms with Gasteiger partial charge in [0.05, 0.1) is 16.5 Å². The average Bonchev–Trinajstić information content (AvgIpc) is 3.32. The van der Waals surface area contributed by atoms with E-state index in [1.807, 2.05) is 13.8 Å². The molecule has 0 spiro atoms. The molecular formula is C21H21NO6S. The smallest absolute Gasteiger partial charge is 0.333 e. The second kappa shape index (κ2) is 7.20. The van der Waals surface area contributed by atoms with Gasteiger partial charge in [-0.05, 0) is 43.2 Å². The second-order valence-corrected chi connectivity index (χ2v) is 8.91.